The molecule has 7 heteroatoms. The van der Waals surface area contributed by atoms with Crippen molar-refractivity contribution in [3.63, 3.8) is 0 Å². The summed E-state index contributed by atoms with van der Waals surface area (Å²) in [6, 6.07) is -1.04. The molecule has 2 fully saturated rings. The van der Waals surface area contributed by atoms with E-state index >= 15 is 0 Å². The third-order valence-corrected chi connectivity index (χ3v) is 3.97. The molecule has 1 aromatic rings. The van der Waals surface area contributed by atoms with Crippen LogP contribution in [0.4, 0.5) is 4.79 Å². The standard InChI is InChI=1S/C14H20N4O3/c1-17-8-10(6-15-17)12(13(19)20)16-14(21)18(11-4-5-11)7-9-2-3-9/h6,8-9,11-12H,2-5,7H2,1H3,(H,16,21)(H,19,20). The van der Waals surface area contributed by atoms with Gasteiger partial charge in [0.1, 0.15) is 0 Å². The molecule has 0 radical (unpaired) electrons. The van der Waals surface area contributed by atoms with Crippen molar-refractivity contribution >= 4 is 12.0 Å². The average molecular weight is 292 g/mol. The molecular weight excluding hydrogens is 272 g/mol. The quantitative estimate of drug-likeness (QED) is 0.822. The van der Waals surface area contributed by atoms with Gasteiger partial charge in [0.2, 0.25) is 0 Å². The molecule has 2 aliphatic carbocycles. The molecule has 0 saturated heterocycles. The molecule has 2 N–H and O–H groups in total. The number of nitrogens with zero attached hydrogens (tertiary/aromatic N) is 3. The molecule has 7 nitrogen and oxygen atoms in total. The van der Waals surface area contributed by atoms with Crippen LogP contribution in [-0.2, 0) is 11.8 Å². The van der Waals surface area contributed by atoms with Gasteiger partial charge in [-0.3, -0.25) is 4.68 Å². The number of aliphatic carboxylic acids is 1. The van der Waals surface area contributed by atoms with E-state index in [-0.39, 0.29) is 12.1 Å². The topological polar surface area (TPSA) is 87.5 Å². The Bertz CT molecular complexity index is 548. The van der Waals surface area contributed by atoms with E-state index in [9.17, 15) is 14.7 Å². The number of nitrogens with one attached hydrogen (secondary N) is 1. The lowest BCUT2D eigenvalue weighted by Gasteiger charge is -2.24. The smallest absolute Gasteiger partial charge is 0.331 e. The summed E-state index contributed by atoms with van der Waals surface area (Å²) >= 11 is 0. The first-order valence-electron chi connectivity index (χ1n) is 7.33. The molecule has 0 bridgehead atoms. The summed E-state index contributed by atoms with van der Waals surface area (Å²) in [6.45, 7) is 0.746. The number of carboxylic acids is 1. The molecule has 0 aromatic carbocycles. The zero-order valence-corrected chi connectivity index (χ0v) is 12.0. The Kier molecular flexibility index (Phi) is 3.57. The fraction of sp³-hybridized carbons (Fsp3) is 0.643. The van der Waals surface area contributed by atoms with E-state index in [1.165, 1.54) is 23.7 Å². The molecule has 2 amide bonds. The van der Waals surface area contributed by atoms with Gasteiger partial charge in [0.15, 0.2) is 6.04 Å². The largest absolute Gasteiger partial charge is 0.479 e. The summed E-state index contributed by atoms with van der Waals surface area (Å²) in [4.78, 5) is 25.6. The minimum atomic E-state index is -1.07. The molecule has 21 heavy (non-hydrogen) atoms. The Morgan fingerprint density at radius 1 is 1.48 bits per heavy atom. The van der Waals surface area contributed by atoms with Gasteiger partial charge in [0.05, 0.1) is 6.20 Å². The van der Waals surface area contributed by atoms with Crippen molar-refractivity contribution in [2.45, 2.75) is 37.8 Å². The Balaban J connectivity index is 1.68. The normalized spacial score (nSPS) is 19.1. The second-order valence-electron chi connectivity index (χ2n) is 5.99. The van der Waals surface area contributed by atoms with Crippen LogP contribution in [0.3, 0.4) is 0 Å². The van der Waals surface area contributed by atoms with Crippen molar-refractivity contribution in [2.24, 2.45) is 13.0 Å². The Hall–Kier alpha value is -2.05. The van der Waals surface area contributed by atoms with Gasteiger partial charge in [0, 0.05) is 31.4 Å². The van der Waals surface area contributed by atoms with E-state index in [0.29, 0.717) is 11.5 Å². The second-order valence-corrected chi connectivity index (χ2v) is 5.99. The van der Waals surface area contributed by atoms with Gasteiger partial charge in [-0.25, -0.2) is 9.59 Å². The second kappa shape index (κ2) is 5.38. The lowest BCUT2D eigenvalue weighted by molar-refractivity contribution is -0.139. The molecule has 114 valence electrons. The first-order chi connectivity index (χ1) is 10.0. The molecule has 3 rings (SSSR count). The maximum Gasteiger partial charge on any atom is 0.331 e. The number of aryl methyl sites for hydroxylation is 1. The van der Waals surface area contributed by atoms with Gasteiger partial charge in [0.25, 0.3) is 0 Å². The summed E-state index contributed by atoms with van der Waals surface area (Å²) in [5.74, 6) is -0.475. The Morgan fingerprint density at radius 3 is 2.67 bits per heavy atom. The maximum atomic E-state index is 12.4. The summed E-state index contributed by atoms with van der Waals surface area (Å²) in [5, 5.41) is 15.9. The zero-order valence-electron chi connectivity index (χ0n) is 12.0. The number of urea groups is 1. The monoisotopic (exact) mass is 292 g/mol. The fourth-order valence-corrected chi connectivity index (χ4v) is 2.45. The van der Waals surface area contributed by atoms with E-state index in [0.717, 1.165) is 19.4 Å². The number of hydrogen-bond donors (Lipinski definition) is 2. The molecule has 1 atom stereocenters. The highest BCUT2D eigenvalue weighted by molar-refractivity contribution is 5.83. The molecule has 0 spiro atoms. The van der Waals surface area contributed by atoms with Crippen LogP contribution < -0.4 is 5.32 Å². The van der Waals surface area contributed by atoms with Gasteiger partial charge in [-0.15, -0.1) is 0 Å². The number of amides is 2. The molecular formula is C14H20N4O3. The van der Waals surface area contributed by atoms with Crippen molar-refractivity contribution in [2.75, 3.05) is 6.54 Å². The van der Waals surface area contributed by atoms with Crippen molar-refractivity contribution in [1.82, 2.24) is 20.0 Å². The summed E-state index contributed by atoms with van der Waals surface area (Å²) in [7, 11) is 1.72. The van der Waals surface area contributed by atoms with E-state index in [1.807, 2.05) is 4.90 Å². The number of rotatable bonds is 6. The van der Waals surface area contributed by atoms with Crippen molar-refractivity contribution in [3.8, 4) is 0 Å². The molecule has 2 saturated carbocycles. The van der Waals surface area contributed by atoms with E-state index < -0.39 is 12.0 Å². The lowest BCUT2D eigenvalue weighted by Crippen LogP contribution is -2.45. The summed E-state index contributed by atoms with van der Waals surface area (Å²) in [6.07, 6.45) is 7.46. The minimum absolute atomic E-state index is 0.277. The highest BCUT2D eigenvalue weighted by Crippen LogP contribution is 2.35. The molecule has 1 aromatic heterocycles. The summed E-state index contributed by atoms with van der Waals surface area (Å²) < 4.78 is 1.53. The van der Waals surface area contributed by atoms with Crippen LogP contribution in [0.5, 0.6) is 0 Å². The van der Waals surface area contributed by atoms with Crippen molar-refractivity contribution in [1.29, 1.82) is 0 Å². The zero-order chi connectivity index (χ0) is 15.0. The first-order valence-corrected chi connectivity index (χ1v) is 7.33. The molecule has 2 aliphatic rings. The lowest BCUT2D eigenvalue weighted by atomic mass is 10.1. The van der Waals surface area contributed by atoms with Crippen molar-refractivity contribution < 1.29 is 14.7 Å². The summed E-state index contributed by atoms with van der Waals surface area (Å²) in [5.41, 5.74) is 0.487. The predicted molar refractivity (Wildman–Crippen MR) is 74.6 cm³/mol. The van der Waals surface area contributed by atoms with Crippen LogP contribution in [0.1, 0.15) is 37.3 Å². The van der Waals surface area contributed by atoms with Crippen molar-refractivity contribution in [3.05, 3.63) is 18.0 Å². The third kappa shape index (κ3) is 3.34. The number of carbonyl (C=O) groups is 2. The van der Waals surface area contributed by atoms with E-state index in [4.69, 9.17) is 0 Å². The van der Waals surface area contributed by atoms with Crippen LogP contribution >= 0.6 is 0 Å². The molecule has 1 heterocycles. The van der Waals surface area contributed by atoms with Crippen LogP contribution in [-0.4, -0.2) is 44.4 Å². The highest BCUT2D eigenvalue weighted by atomic mass is 16.4. The van der Waals surface area contributed by atoms with Gasteiger partial charge < -0.3 is 15.3 Å². The molecule has 0 aliphatic heterocycles. The van der Waals surface area contributed by atoms with E-state index in [1.54, 1.807) is 13.2 Å². The van der Waals surface area contributed by atoms with Crippen LogP contribution in [0.15, 0.2) is 12.4 Å². The number of carboxylic acid groups (broad SMARTS) is 1. The van der Waals surface area contributed by atoms with Crippen LogP contribution in [0, 0.1) is 5.92 Å². The third-order valence-electron chi connectivity index (χ3n) is 3.97. The highest BCUT2D eigenvalue weighted by Gasteiger charge is 2.38. The van der Waals surface area contributed by atoms with Gasteiger partial charge in [-0.1, -0.05) is 0 Å². The minimum Gasteiger partial charge on any atom is -0.479 e. The Morgan fingerprint density at radius 2 is 2.19 bits per heavy atom. The van der Waals surface area contributed by atoms with Gasteiger partial charge >= 0.3 is 12.0 Å². The Labute approximate surface area is 122 Å². The van der Waals surface area contributed by atoms with Crippen LogP contribution in [0.2, 0.25) is 0 Å². The number of aromatic nitrogens is 2. The fourth-order valence-electron chi connectivity index (χ4n) is 2.45. The molecule has 1 unspecified atom stereocenters. The maximum absolute atomic E-state index is 12.4. The number of carbonyl (C=O) groups excluding carboxylic acids is 1. The van der Waals surface area contributed by atoms with Gasteiger partial charge in [-0.05, 0) is 31.6 Å². The van der Waals surface area contributed by atoms with Gasteiger partial charge in [-0.2, -0.15) is 5.10 Å². The predicted octanol–water partition coefficient (Wildman–Crippen LogP) is 1.13. The van der Waals surface area contributed by atoms with Crippen LogP contribution in [0.25, 0.3) is 0 Å². The van der Waals surface area contributed by atoms with E-state index in [2.05, 4.69) is 10.4 Å². The first kappa shape index (κ1) is 13.9. The SMILES string of the molecule is Cn1cc(C(NC(=O)N(CC2CC2)C2CC2)C(=O)O)cn1. The average Bonchev–Trinajstić information content (AvgIpc) is 3.32. The number of hydrogen-bond acceptors (Lipinski definition) is 3.